The van der Waals surface area contributed by atoms with Crippen LogP contribution in [-0.2, 0) is 11.3 Å². The van der Waals surface area contributed by atoms with E-state index in [2.05, 4.69) is 45.3 Å². The van der Waals surface area contributed by atoms with E-state index in [1.807, 2.05) is 24.3 Å². The predicted octanol–water partition coefficient (Wildman–Crippen LogP) is 6.11. The molecule has 44 heavy (non-hydrogen) atoms. The van der Waals surface area contributed by atoms with Crippen molar-refractivity contribution in [2.24, 2.45) is 0 Å². The molecule has 10 heteroatoms. The van der Waals surface area contributed by atoms with Crippen LogP contribution in [0.5, 0.6) is 5.75 Å². The second-order valence-electron chi connectivity index (χ2n) is 12.2. The molecule has 1 saturated carbocycles. The van der Waals surface area contributed by atoms with Crippen molar-refractivity contribution < 1.29 is 9.47 Å². The van der Waals surface area contributed by atoms with Crippen molar-refractivity contribution in [2.45, 2.75) is 57.3 Å². The molecule has 0 bridgehead atoms. The molecule has 230 valence electrons. The average molecular weight is 615 g/mol. The lowest BCUT2D eigenvalue weighted by Crippen LogP contribution is -2.44. The molecule has 3 aliphatic rings. The number of rotatable bonds is 8. The summed E-state index contributed by atoms with van der Waals surface area (Å²) in [6, 6.07) is 15.5. The molecule has 0 radical (unpaired) electrons. The first-order chi connectivity index (χ1) is 21.5. The van der Waals surface area contributed by atoms with Crippen LogP contribution in [0.2, 0.25) is 5.02 Å². The lowest BCUT2D eigenvalue weighted by Gasteiger charge is -2.35. The van der Waals surface area contributed by atoms with Gasteiger partial charge in [0.05, 0.1) is 24.4 Å². The fourth-order valence-corrected chi connectivity index (χ4v) is 6.80. The minimum Gasteiger partial charge on any atom is -0.488 e. The van der Waals surface area contributed by atoms with E-state index >= 15 is 0 Å². The number of halogens is 1. The monoisotopic (exact) mass is 614 g/mol. The van der Waals surface area contributed by atoms with Crippen LogP contribution in [0.3, 0.4) is 0 Å². The molecule has 1 N–H and O–H groups in total. The molecule has 2 aromatic heterocycles. The predicted molar refractivity (Wildman–Crippen MR) is 176 cm³/mol. The summed E-state index contributed by atoms with van der Waals surface area (Å²) in [6.45, 7) is 5.12. The fraction of sp³-hybridized carbons (Fsp3) is 0.441. The van der Waals surface area contributed by atoms with Crippen LogP contribution in [0.25, 0.3) is 22.2 Å². The summed E-state index contributed by atoms with van der Waals surface area (Å²) in [6.07, 6.45) is 8.46. The quantitative estimate of drug-likeness (QED) is 0.255. The molecule has 0 amide bonds. The van der Waals surface area contributed by atoms with Gasteiger partial charge >= 0.3 is 0 Å². The molecular formula is C34H39ClN6O3. The number of piperazine rings is 1. The normalized spacial score (nSPS) is 19.6. The summed E-state index contributed by atoms with van der Waals surface area (Å²) < 4.78 is 14.3. The van der Waals surface area contributed by atoms with E-state index in [0.29, 0.717) is 40.9 Å². The van der Waals surface area contributed by atoms with Crippen LogP contribution in [0.15, 0.2) is 59.5 Å². The van der Waals surface area contributed by atoms with Gasteiger partial charge in [-0.1, -0.05) is 29.8 Å². The van der Waals surface area contributed by atoms with Gasteiger partial charge in [0.1, 0.15) is 11.4 Å². The standard InChI is InChI=1S/C34H39ClN6O3/c1-39-14-16-40(17-15-39)30-13-12-24(20-31(30)44-25-7-2-3-8-25)37-34-36-21-23-19-28(27-10-4-5-11-29(27)35)33(42)41(32(23)38-34)22-26-9-6-18-43-26/h4-5,10-13,19-21,25-26H,2-3,6-9,14-18,22H2,1H3,(H,36,37,38)/t26-/m1/s1. The largest absolute Gasteiger partial charge is 0.488 e. The van der Waals surface area contributed by atoms with Crippen LogP contribution in [-0.4, -0.2) is 71.5 Å². The van der Waals surface area contributed by atoms with E-state index in [0.717, 1.165) is 74.4 Å². The summed E-state index contributed by atoms with van der Waals surface area (Å²) >= 11 is 6.52. The first-order valence-corrected chi connectivity index (χ1v) is 16.2. The third-order valence-corrected chi connectivity index (χ3v) is 9.39. The Morgan fingerprint density at radius 2 is 1.82 bits per heavy atom. The van der Waals surface area contributed by atoms with Gasteiger partial charge in [-0.3, -0.25) is 9.36 Å². The van der Waals surface area contributed by atoms with Gasteiger partial charge in [-0.25, -0.2) is 4.98 Å². The number of hydrogen-bond acceptors (Lipinski definition) is 8. The Bertz CT molecular complexity index is 1690. The van der Waals surface area contributed by atoms with E-state index < -0.39 is 0 Å². The lowest BCUT2D eigenvalue weighted by molar-refractivity contribution is 0.0971. The van der Waals surface area contributed by atoms with Gasteiger partial charge in [0, 0.05) is 72.3 Å². The topological polar surface area (TPSA) is 84.8 Å². The molecule has 0 unspecified atom stereocenters. The fourth-order valence-electron chi connectivity index (χ4n) is 6.56. The Hall–Kier alpha value is -3.66. The van der Waals surface area contributed by atoms with Gasteiger partial charge in [0.15, 0.2) is 0 Å². The van der Waals surface area contributed by atoms with Crippen LogP contribution in [0.1, 0.15) is 38.5 Å². The lowest BCUT2D eigenvalue weighted by atomic mass is 10.1. The number of nitrogens with one attached hydrogen (secondary N) is 1. The van der Waals surface area contributed by atoms with Crippen molar-refractivity contribution >= 4 is 40.0 Å². The van der Waals surface area contributed by atoms with Gasteiger partial charge in [-0.2, -0.15) is 4.98 Å². The Kier molecular flexibility index (Phi) is 8.43. The van der Waals surface area contributed by atoms with Crippen LogP contribution in [0.4, 0.5) is 17.3 Å². The van der Waals surface area contributed by atoms with Crippen molar-refractivity contribution in [3.63, 3.8) is 0 Å². The summed E-state index contributed by atoms with van der Waals surface area (Å²) in [7, 11) is 2.17. The second-order valence-corrected chi connectivity index (χ2v) is 12.6. The Balaban J connectivity index is 1.24. The number of anilines is 3. The minimum absolute atomic E-state index is 0.0406. The second kappa shape index (κ2) is 12.8. The van der Waals surface area contributed by atoms with Gasteiger partial charge in [-0.15, -0.1) is 0 Å². The molecule has 3 fully saturated rings. The highest BCUT2D eigenvalue weighted by Gasteiger charge is 2.24. The third-order valence-electron chi connectivity index (χ3n) is 9.06. The van der Waals surface area contributed by atoms with Crippen LogP contribution >= 0.6 is 11.6 Å². The number of likely N-dealkylation sites (N-methyl/N-ethyl adjacent to an activating group) is 1. The van der Waals surface area contributed by atoms with Gasteiger partial charge in [0.2, 0.25) is 5.95 Å². The molecule has 4 aromatic rings. The van der Waals surface area contributed by atoms with E-state index in [1.165, 1.54) is 12.8 Å². The zero-order chi connectivity index (χ0) is 30.0. The summed E-state index contributed by atoms with van der Waals surface area (Å²) in [5, 5.41) is 4.69. The molecule has 0 spiro atoms. The van der Waals surface area contributed by atoms with E-state index in [9.17, 15) is 4.79 Å². The molecule has 4 heterocycles. The van der Waals surface area contributed by atoms with Crippen LogP contribution < -0.4 is 20.5 Å². The first kappa shape index (κ1) is 29.1. The number of hydrogen-bond donors (Lipinski definition) is 1. The molecule has 2 aliphatic heterocycles. The Morgan fingerprint density at radius 3 is 2.59 bits per heavy atom. The molecule has 2 saturated heterocycles. The van der Waals surface area contributed by atoms with Crippen molar-refractivity contribution in [3.05, 3.63) is 70.1 Å². The number of nitrogens with zero attached hydrogens (tertiary/aromatic N) is 5. The Morgan fingerprint density at radius 1 is 1.00 bits per heavy atom. The van der Waals surface area contributed by atoms with Gasteiger partial charge in [0.25, 0.3) is 5.56 Å². The molecule has 2 aromatic carbocycles. The SMILES string of the molecule is CN1CCN(c2ccc(Nc3ncc4cc(-c5ccccc5Cl)c(=O)n(C[C@H]5CCCO5)c4n3)cc2OC2CCCC2)CC1. The Labute approximate surface area is 262 Å². The number of benzene rings is 2. The van der Waals surface area contributed by atoms with E-state index in [1.54, 1.807) is 16.8 Å². The molecule has 1 atom stereocenters. The van der Waals surface area contributed by atoms with E-state index in [-0.39, 0.29) is 17.8 Å². The van der Waals surface area contributed by atoms with Gasteiger partial charge < -0.3 is 24.6 Å². The van der Waals surface area contributed by atoms with Crippen molar-refractivity contribution in [2.75, 3.05) is 50.1 Å². The van der Waals surface area contributed by atoms with Gasteiger partial charge in [-0.05, 0) is 69.8 Å². The maximum absolute atomic E-state index is 14.0. The van der Waals surface area contributed by atoms with Crippen LogP contribution in [0, 0.1) is 0 Å². The maximum Gasteiger partial charge on any atom is 0.260 e. The zero-order valence-electron chi connectivity index (χ0n) is 25.2. The number of pyridine rings is 1. The smallest absolute Gasteiger partial charge is 0.260 e. The number of fused-ring (bicyclic) bond motifs is 1. The summed E-state index contributed by atoms with van der Waals surface area (Å²) in [5.41, 5.74) is 3.62. The highest BCUT2D eigenvalue weighted by molar-refractivity contribution is 6.33. The highest BCUT2D eigenvalue weighted by atomic mass is 35.5. The molecule has 9 nitrogen and oxygen atoms in total. The maximum atomic E-state index is 14.0. The summed E-state index contributed by atoms with van der Waals surface area (Å²) in [5.74, 6) is 1.31. The average Bonchev–Trinajstić information content (AvgIpc) is 3.75. The highest BCUT2D eigenvalue weighted by Crippen LogP contribution is 2.36. The third kappa shape index (κ3) is 6.14. The van der Waals surface area contributed by atoms with E-state index in [4.69, 9.17) is 26.1 Å². The molecule has 1 aliphatic carbocycles. The molecular weight excluding hydrogens is 576 g/mol. The summed E-state index contributed by atoms with van der Waals surface area (Å²) in [4.78, 5) is 28.3. The zero-order valence-corrected chi connectivity index (χ0v) is 25.9. The molecule has 7 rings (SSSR count). The number of ether oxygens (including phenoxy) is 2. The number of aromatic nitrogens is 3. The van der Waals surface area contributed by atoms with Crippen molar-refractivity contribution in [1.29, 1.82) is 0 Å². The van der Waals surface area contributed by atoms with Crippen molar-refractivity contribution in [3.8, 4) is 16.9 Å². The first-order valence-electron chi connectivity index (χ1n) is 15.8. The minimum atomic E-state index is -0.144. The van der Waals surface area contributed by atoms with Crippen molar-refractivity contribution in [1.82, 2.24) is 19.4 Å².